The zero-order valence-corrected chi connectivity index (χ0v) is 11.0. The molecule has 0 saturated heterocycles. The second kappa shape index (κ2) is 5.25. The number of hydrogen-bond donors (Lipinski definition) is 2. The van der Waals surface area contributed by atoms with Crippen molar-refractivity contribution in [1.29, 1.82) is 0 Å². The molecule has 100 valence electrons. The lowest BCUT2D eigenvalue weighted by atomic mass is 9.78. The second-order valence-electron chi connectivity index (χ2n) is 4.89. The van der Waals surface area contributed by atoms with Gasteiger partial charge in [-0.15, -0.1) is 0 Å². The lowest BCUT2D eigenvalue weighted by Gasteiger charge is -2.13. The van der Waals surface area contributed by atoms with Gasteiger partial charge in [0.05, 0.1) is 6.61 Å². The summed E-state index contributed by atoms with van der Waals surface area (Å²) < 4.78 is 5.16. The molecule has 0 amide bonds. The van der Waals surface area contributed by atoms with Crippen LogP contribution in [0.2, 0.25) is 0 Å². The van der Waals surface area contributed by atoms with Gasteiger partial charge < -0.3 is 14.8 Å². The molecule has 0 aromatic heterocycles. The average Bonchev–Trinajstić information content (AvgIpc) is 2.87. The van der Waals surface area contributed by atoms with E-state index in [0.29, 0.717) is 6.61 Å². The third-order valence-corrected chi connectivity index (χ3v) is 3.64. The van der Waals surface area contributed by atoms with Crippen LogP contribution in [0.1, 0.15) is 28.4 Å². The predicted octanol–water partition coefficient (Wildman–Crippen LogP) is 1.63. The van der Waals surface area contributed by atoms with Gasteiger partial charge in [-0.25, -0.2) is 0 Å². The molecule has 2 aromatic carbocycles. The maximum Gasteiger partial charge on any atom is 0.491 e. The smallest absolute Gasteiger partial charge is 0.423 e. The van der Waals surface area contributed by atoms with E-state index in [0.717, 1.165) is 27.7 Å². The first-order chi connectivity index (χ1) is 9.69. The molecular formula is C16H15BO3. The summed E-state index contributed by atoms with van der Waals surface area (Å²) in [6.07, 6.45) is 1.05. The van der Waals surface area contributed by atoms with E-state index in [2.05, 4.69) is 6.58 Å². The molecule has 1 atom stereocenters. The maximum atomic E-state index is 10.4. The highest BCUT2D eigenvalue weighted by molar-refractivity contribution is 6.61. The summed E-state index contributed by atoms with van der Waals surface area (Å²) >= 11 is 0. The van der Waals surface area contributed by atoms with Gasteiger partial charge in [0, 0.05) is 0 Å². The molecule has 0 spiro atoms. The summed E-state index contributed by atoms with van der Waals surface area (Å²) in [5, 5.41) is 20.1. The number of benzene rings is 2. The summed E-state index contributed by atoms with van der Waals surface area (Å²) in [4.78, 5) is 0. The standard InChI is InChI=1S/C16H15BO3/c1-2-11-3-5-12(6-4-11)16(18)13-7-8-14-10-20-17(19)15(14)9-13/h2-9,16,18-19H,1,10H2. The summed E-state index contributed by atoms with van der Waals surface area (Å²) in [5.41, 5.74) is 4.28. The van der Waals surface area contributed by atoms with Crippen LogP contribution in [0.4, 0.5) is 0 Å². The van der Waals surface area contributed by atoms with Crippen LogP contribution in [0, 0.1) is 0 Å². The van der Waals surface area contributed by atoms with Crippen LogP contribution in [-0.2, 0) is 11.3 Å². The Kier molecular flexibility index (Phi) is 3.44. The van der Waals surface area contributed by atoms with Crippen LogP contribution in [0.15, 0.2) is 49.0 Å². The Hall–Kier alpha value is -1.88. The SMILES string of the molecule is C=Cc1ccc(C(O)c2ccc3c(c2)B(O)OC3)cc1. The molecule has 20 heavy (non-hydrogen) atoms. The highest BCUT2D eigenvalue weighted by atomic mass is 16.5. The second-order valence-corrected chi connectivity index (χ2v) is 4.89. The van der Waals surface area contributed by atoms with Crippen molar-refractivity contribution in [2.24, 2.45) is 0 Å². The molecule has 2 N–H and O–H groups in total. The van der Waals surface area contributed by atoms with Crippen molar-refractivity contribution in [3.8, 4) is 0 Å². The predicted molar refractivity (Wildman–Crippen MR) is 79.4 cm³/mol. The quantitative estimate of drug-likeness (QED) is 0.830. The number of fused-ring (bicyclic) bond motifs is 1. The molecule has 0 fully saturated rings. The normalized spacial score (nSPS) is 15.0. The van der Waals surface area contributed by atoms with Crippen LogP contribution in [0.25, 0.3) is 6.08 Å². The van der Waals surface area contributed by atoms with E-state index >= 15 is 0 Å². The van der Waals surface area contributed by atoms with E-state index in [1.165, 1.54) is 0 Å². The van der Waals surface area contributed by atoms with Crippen LogP contribution in [0.5, 0.6) is 0 Å². The van der Waals surface area contributed by atoms with Crippen molar-refractivity contribution in [3.05, 3.63) is 71.3 Å². The molecule has 2 aromatic rings. The third-order valence-electron chi connectivity index (χ3n) is 3.64. The minimum atomic E-state index is -0.889. The van der Waals surface area contributed by atoms with E-state index in [-0.39, 0.29) is 0 Å². The minimum Gasteiger partial charge on any atom is -0.423 e. The molecule has 0 bridgehead atoms. The maximum absolute atomic E-state index is 10.4. The molecule has 0 radical (unpaired) electrons. The van der Waals surface area contributed by atoms with Gasteiger partial charge in [-0.1, -0.05) is 55.1 Å². The van der Waals surface area contributed by atoms with Gasteiger partial charge in [-0.2, -0.15) is 0 Å². The zero-order chi connectivity index (χ0) is 14.1. The molecular weight excluding hydrogens is 251 g/mol. The molecule has 3 nitrogen and oxygen atoms in total. The van der Waals surface area contributed by atoms with Crippen LogP contribution >= 0.6 is 0 Å². The molecule has 3 rings (SSSR count). The number of aliphatic hydroxyl groups excluding tert-OH is 1. The Morgan fingerprint density at radius 1 is 1.15 bits per heavy atom. The Bertz CT molecular complexity index is 637. The Labute approximate surface area is 118 Å². The van der Waals surface area contributed by atoms with Gasteiger partial charge in [-0.3, -0.25) is 0 Å². The van der Waals surface area contributed by atoms with E-state index in [9.17, 15) is 10.1 Å². The number of rotatable bonds is 3. The van der Waals surface area contributed by atoms with Gasteiger partial charge in [-0.05, 0) is 27.7 Å². The van der Waals surface area contributed by atoms with Crippen molar-refractivity contribution in [3.63, 3.8) is 0 Å². The summed E-state index contributed by atoms with van der Waals surface area (Å²) in [5.74, 6) is 0. The number of hydrogen-bond acceptors (Lipinski definition) is 3. The lowest BCUT2D eigenvalue weighted by Crippen LogP contribution is -2.28. The molecule has 4 heteroatoms. The largest absolute Gasteiger partial charge is 0.491 e. The van der Waals surface area contributed by atoms with E-state index in [1.54, 1.807) is 12.1 Å². The Morgan fingerprint density at radius 2 is 1.85 bits per heavy atom. The Balaban J connectivity index is 1.91. The highest BCUT2D eigenvalue weighted by Crippen LogP contribution is 2.23. The number of aliphatic hydroxyl groups is 1. The van der Waals surface area contributed by atoms with E-state index in [4.69, 9.17) is 4.65 Å². The van der Waals surface area contributed by atoms with Gasteiger partial charge in [0.2, 0.25) is 0 Å². The van der Waals surface area contributed by atoms with E-state index in [1.807, 2.05) is 36.4 Å². The first-order valence-corrected chi connectivity index (χ1v) is 6.52. The van der Waals surface area contributed by atoms with Crippen molar-refractivity contribution in [1.82, 2.24) is 0 Å². The fourth-order valence-corrected chi connectivity index (χ4v) is 2.41. The fourth-order valence-electron chi connectivity index (χ4n) is 2.41. The molecule has 1 aliphatic heterocycles. The Morgan fingerprint density at radius 3 is 2.55 bits per heavy atom. The third kappa shape index (κ3) is 2.29. The summed E-state index contributed by atoms with van der Waals surface area (Å²) in [7, 11) is -0.889. The first-order valence-electron chi connectivity index (χ1n) is 6.52. The average molecular weight is 266 g/mol. The summed E-state index contributed by atoms with van der Waals surface area (Å²) in [6, 6.07) is 13.1. The van der Waals surface area contributed by atoms with Crippen LogP contribution < -0.4 is 5.46 Å². The van der Waals surface area contributed by atoms with Gasteiger partial charge in [0.15, 0.2) is 0 Å². The van der Waals surface area contributed by atoms with Crippen LogP contribution in [0.3, 0.4) is 0 Å². The van der Waals surface area contributed by atoms with E-state index < -0.39 is 13.2 Å². The minimum absolute atomic E-state index is 0.418. The van der Waals surface area contributed by atoms with Gasteiger partial charge in [0.25, 0.3) is 0 Å². The van der Waals surface area contributed by atoms with Crippen LogP contribution in [-0.4, -0.2) is 17.2 Å². The topological polar surface area (TPSA) is 49.7 Å². The molecule has 1 aliphatic rings. The monoisotopic (exact) mass is 266 g/mol. The van der Waals surface area contributed by atoms with Crippen molar-refractivity contribution in [2.75, 3.05) is 0 Å². The summed E-state index contributed by atoms with van der Waals surface area (Å²) in [6.45, 7) is 4.12. The highest BCUT2D eigenvalue weighted by Gasteiger charge is 2.28. The zero-order valence-electron chi connectivity index (χ0n) is 11.0. The van der Waals surface area contributed by atoms with Gasteiger partial charge in [0.1, 0.15) is 6.10 Å². The molecule has 0 aliphatic carbocycles. The first kappa shape index (κ1) is 13.1. The fraction of sp³-hybridized carbons (Fsp3) is 0.125. The van der Waals surface area contributed by atoms with Crippen molar-refractivity contribution >= 4 is 18.7 Å². The lowest BCUT2D eigenvalue weighted by molar-refractivity contribution is 0.220. The molecule has 1 heterocycles. The van der Waals surface area contributed by atoms with Crippen molar-refractivity contribution in [2.45, 2.75) is 12.7 Å². The molecule has 1 unspecified atom stereocenters. The van der Waals surface area contributed by atoms with Gasteiger partial charge >= 0.3 is 7.12 Å². The molecule has 0 saturated carbocycles. The van der Waals surface area contributed by atoms with Crippen molar-refractivity contribution < 1.29 is 14.8 Å².